The van der Waals surface area contributed by atoms with Gasteiger partial charge in [0, 0.05) is 43.4 Å². The topological polar surface area (TPSA) is 38.2 Å². The minimum absolute atomic E-state index is 0.834. The van der Waals surface area contributed by atoms with Crippen molar-refractivity contribution >= 4 is 0 Å². The van der Waals surface area contributed by atoms with Gasteiger partial charge in [-0.2, -0.15) is 0 Å². The van der Waals surface area contributed by atoms with Gasteiger partial charge in [0.15, 0.2) is 5.82 Å². The predicted octanol–water partition coefficient (Wildman–Crippen LogP) is 3.20. The van der Waals surface area contributed by atoms with Gasteiger partial charge in [-0.15, -0.1) is 0 Å². The van der Waals surface area contributed by atoms with E-state index in [1.54, 1.807) is 0 Å². The maximum Gasteiger partial charge on any atom is 0.159 e. The molecule has 118 valence electrons. The molecule has 1 aromatic heterocycles. The van der Waals surface area contributed by atoms with Gasteiger partial charge in [0.25, 0.3) is 0 Å². The normalized spacial score (nSPS) is 18.0. The van der Waals surface area contributed by atoms with Crippen LogP contribution in [0.5, 0.6) is 0 Å². The smallest absolute Gasteiger partial charge is 0.159 e. The Morgan fingerprint density at radius 2 is 2.04 bits per heavy atom. The first-order valence-electron chi connectivity index (χ1n) is 8.30. The van der Waals surface area contributed by atoms with Gasteiger partial charge in [-0.3, -0.25) is 4.90 Å². The summed E-state index contributed by atoms with van der Waals surface area (Å²) in [5, 5.41) is 0. The molecule has 0 fully saturated rings. The summed E-state index contributed by atoms with van der Waals surface area (Å²) in [5.41, 5.74) is 4.95. The Bertz CT molecular complexity index is 712. The average molecular weight is 307 g/mol. The predicted molar refractivity (Wildman–Crippen MR) is 89.7 cm³/mol. The molecule has 0 atom stereocenters. The van der Waals surface area contributed by atoms with Crippen LogP contribution in [0.4, 0.5) is 0 Å². The highest BCUT2D eigenvalue weighted by molar-refractivity contribution is 5.54. The van der Waals surface area contributed by atoms with Crippen molar-refractivity contribution in [1.82, 2.24) is 14.9 Å². The van der Waals surface area contributed by atoms with E-state index in [0.717, 1.165) is 56.9 Å². The Morgan fingerprint density at radius 1 is 1.13 bits per heavy atom. The van der Waals surface area contributed by atoms with Gasteiger partial charge in [0.05, 0.1) is 18.6 Å². The first-order chi connectivity index (χ1) is 11.4. The van der Waals surface area contributed by atoms with Crippen LogP contribution in [0.3, 0.4) is 0 Å². The average Bonchev–Trinajstić information content (AvgIpc) is 2.63. The van der Waals surface area contributed by atoms with Crippen LogP contribution in [-0.4, -0.2) is 34.6 Å². The van der Waals surface area contributed by atoms with E-state index in [2.05, 4.69) is 22.0 Å². The number of aromatic nitrogens is 2. The lowest BCUT2D eigenvalue weighted by atomic mass is 10.0. The highest BCUT2D eigenvalue weighted by Gasteiger charge is 2.20. The van der Waals surface area contributed by atoms with Gasteiger partial charge in [0.2, 0.25) is 0 Å². The molecule has 0 radical (unpaired) electrons. The summed E-state index contributed by atoms with van der Waals surface area (Å²) in [6.07, 6.45) is 7.25. The van der Waals surface area contributed by atoms with Gasteiger partial charge in [0.1, 0.15) is 0 Å². The van der Waals surface area contributed by atoms with E-state index in [1.165, 1.54) is 16.8 Å². The molecule has 0 unspecified atom stereocenters. The summed E-state index contributed by atoms with van der Waals surface area (Å²) < 4.78 is 5.44. The Labute approximate surface area is 136 Å². The zero-order valence-electron chi connectivity index (χ0n) is 13.2. The third kappa shape index (κ3) is 3.27. The van der Waals surface area contributed by atoms with Gasteiger partial charge < -0.3 is 4.74 Å². The molecule has 0 spiro atoms. The number of rotatable bonds is 3. The molecule has 0 amide bonds. The molecule has 0 N–H and O–H groups in total. The molecule has 3 heterocycles. The van der Waals surface area contributed by atoms with E-state index >= 15 is 0 Å². The third-order valence-corrected chi connectivity index (χ3v) is 4.48. The highest BCUT2D eigenvalue weighted by Crippen LogP contribution is 2.22. The first-order valence-corrected chi connectivity index (χ1v) is 8.30. The van der Waals surface area contributed by atoms with Crippen molar-refractivity contribution < 1.29 is 4.74 Å². The number of nitrogens with zero attached hydrogens (tertiary/aromatic N) is 3. The second-order valence-electron chi connectivity index (χ2n) is 6.24. The highest BCUT2D eigenvalue weighted by atomic mass is 16.5. The van der Waals surface area contributed by atoms with Crippen molar-refractivity contribution in [1.29, 1.82) is 0 Å². The number of hydrogen-bond acceptors (Lipinski definition) is 4. The fourth-order valence-corrected chi connectivity index (χ4v) is 3.26. The van der Waals surface area contributed by atoms with Gasteiger partial charge in [-0.1, -0.05) is 30.3 Å². The van der Waals surface area contributed by atoms with Crippen LogP contribution < -0.4 is 0 Å². The maximum atomic E-state index is 5.44. The Balaban J connectivity index is 1.49. The quantitative estimate of drug-likeness (QED) is 0.873. The molecule has 0 aliphatic carbocycles. The van der Waals surface area contributed by atoms with Crippen molar-refractivity contribution in [2.45, 2.75) is 25.8 Å². The van der Waals surface area contributed by atoms with E-state index in [4.69, 9.17) is 9.72 Å². The molecule has 23 heavy (non-hydrogen) atoms. The van der Waals surface area contributed by atoms with Crippen LogP contribution in [0.25, 0.3) is 11.4 Å². The largest absolute Gasteiger partial charge is 0.501 e. The molecular formula is C19H21N3O. The zero-order chi connectivity index (χ0) is 15.5. The summed E-state index contributed by atoms with van der Waals surface area (Å²) in [7, 11) is 0. The molecule has 4 rings (SSSR count). The monoisotopic (exact) mass is 307 g/mol. The lowest BCUT2D eigenvalue weighted by Crippen LogP contribution is -2.33. The summed E-state index contributed by atoms with van der Waals surface area (Å²) >= 11 is 0. The van der Waals surface area contributed by atoms with Crippen molar-refractivity contribution in [3.8, 4) is 11.4 Å². The number of fused-ring (bicyclic) bond motifs is 1. The van der Waals surface area contributed by atoms with Crippen LogP contribution in [0.15, 0.2) is 48.4 Å². The molecular weight excluding hydrogens is 286 g/mol. The SMILES string of the molecule is C1=C(CN2CCc3nc(-c4ccccc4)ncc3C2)CCCO1. The summed E-state index contributed by atoms with van der Waals surface area (Å²) in [6, 6.07) is 10.2. The minimum atomic E-state index is 0.834. The van der Waals surface area contributed by atoms with Crippen LogP contribution in [0.2, 0.25) is 0 Å². The van der Waals surface area contributed by atoms with Crippen molar-refractivity contribution in [2.75, 3.05) is 19.7 Å². The molecule has 2 aliphatic heterocycles. The Kier molecular flexibility index (Phi) is 4.07. The minimum Gasteiger partial charge on any atom is -0.501 e. The van der Waals surface area contributed by atoms with E-state index in [-0.39, 0.29) is 0 Å². The number of hydrogen-bond donors (Lipinski definition) is 0. The molecule has 0 saturated carbocycles. The van der Waals surface area contributed by atoms with Crippen molar-refractivity contribution in [3.63, 3.8) is 0 Å². The second-order valence-corrected chi connectivity index (χ2v) is 6.24. The van der Waals surface area contributed by atoms with Crippen LogP contribution >= 0.6 is 0 Å². The fraction of sp³-hybridized carbons (Fsp3) is 0.368. The van der Waals surface area contributed by atoms with Gasteiger partial charge in [-0.05, 0) is 18.4 Å². The first kappa shape index (κ1) is 14.4. The lowest BCUT2D eigenvalue weighted by Gasteiger charge is -2.29. The second kappa shape index (κ2) is 6.50. The summed E-state index contributed by atoms with van der Waals surface area (Å²) in [6.45, 7) is 3.85. The maximum absolute atomic E-state index is 5.44. The number of ether oxygens (including phenoxy) is 1. The molecule has 4 nitrogen and oxygen atoms in total. The van der Waals surface area contributed by atoms with Crippen LogP contribution in [0.1, 0.15) is 24.1 Å². The molecule has 0 saturated heterocycles. The van der Waals surface area contributed by atoms with Gasteiger partial charge >= 0.3 is 0 Å². The molecule has 0 bridgehead atoms. The zero-order valence-corrected chi connectivity index (χ0v) is 13.2. The number of benzene rings is 1. The Morgan fingerprint density at radius 3 is 2.87 bits per heavy atom. The van der Waals surface area contributed by atoms with E-state index in [1.807, 2.05) is 30.7 Å². The molecule has 2 aliphatic rings. The van der Waals surface area contributed by atoms with Crippen LogP contribution in [-0.2, 0) is 17.7 Å². The fourth-order valence-electron chi connectivity index (χ4n) is 3.26. The van der Waals surface area contributed by atoms with E-state index in [0.29, 0.717) is 0 Å². The van der Waals surface area contributed by atoms with Crippen molar-refractivity contribution in [2.24, 2.45) is 0 Å². The van der Waals surface area contributed by atoms with Gasteiger partial charge in [-0.25, -0.2) is 9.97 Å². The van der Waals surface area contributed by atoms with Crippen LogP contribution in [0, 0.1) is 0 Å². The molecule has 2 aromatic rings. The third-order valence-electron chi connectivity index (χ3n) is 4.48. The standard InChI is InChI=1S/C19H21N3O/c1-2-6-16(7-3-1)19-20-11-17-13-22(9-8-18(17)21-19)12-15-5-4-10-23-14-15/h1-3,6-7,11,14H,4-5,8-10,12-13H2. The summed E-state index contributed by atoms with van der Waals surface area (Å²) in [5.74, 6) is 0.834. The van der Waals surface area contributed by atoms with Crippen molar-refractivity contribution in [3.05, 3.63) is 59.6 Å². The molecule has 1 aromatic carbocycles. The lowest BCUT2D eigenvalue weighted by molar-refractivity contribution is 0.208. The summed E-state index contributed by atoms with van der Waals surface area (Å²) in [4.78, 5) is 11.8. The van der Waals surface area contributed by atoms with E-state index < -0.39 is 0 Å². The Hall–Kier alpha value is -2.20. The molecule has 4 heteroatoms. The van der Waals surface area contributed by atoms with E-state index in [9.17, 15) is 0 Å².